The summed E-state index contributed by atoms with van der Waals surface area (Å²) in [6, 6.07) is 0. The van der Waals surface area contributed by atoms with Crippen molar-refractivity contribution in [1.29, 1.82) is 0 Å². The Morgan fingerprint density at radius 1 is 1.30 bits per heavy atom. The van der Waals surface area contributed by atoms with Crippen molar-refractivity contribution < 1.29 is 20.1 Å². The van der Waals surface area contributed by atoms with Crippen LogP contribution in [-0.4, -0.2) is 65.5 Å². The molecule has 0 amide bonds. The van der Waals surface area contributed by atoms with E-state index in [0.717, 1.165) is 0 Å². The van der Waals surface area contributed by atoms with Crippen LogP contribution in [0.2, 0.25) is 0 Å². The number of hydrogen-bond donors (Lipinski definition) is 5. The lowest BCUT2D eigenvalue weighted by atomic mass is 10.1. The number of anilines is 1. The molecule has 1 fully saturated rings. The lowest BCUT2D eigenvalue weighted by Gasteiger charge is -2.16. The van der Waals surface area contributed by atoms with Crippen LogP contribution in [0.4, 0.5) is 5.82 Å². The van der Waals surface area contributed by atoms with Gasteiger partial charge in [-0.05, 0) is 6.42 Å². The zero-order valence-electron chi connectivity index (χ0n) is 12.3. The number of aromatic nitrogens is 4. The predicted octanol–water partition coefficient (Wildman–Crippen LogP) is -1.12. The van der Waals surface area contributed by atoms with Crippen LogP contribution in [0.5, 0.6) is 0 Å². The zero-order valence-corrected chi connectivity index (χ0v) is 13.2. The smallest absolute Gasteiger partial charge is 0.167 e. The van der Waals surface area contributed by atoms with Crippen molar-refractivity contribution in [3.63, 3.8) is 0 Å². The minimum absolute atomic E-state index is 0.0286. The number of ether oxygens (including phenoxy) is 1. The number of aliphatic hydroxyl groups excluding tert-OH is 3. The molecule has 0 aliphatic carbocycles. The van der Waals surface area contributed by atoms with Crippen molar-refractivity contribution in [2.75, 3.05) is 18.1 Å². The molecule has 1 aliphatic rings. The number of fused-ring (bicyclic) bond motifs is 1. The molecule has 4 atom stereocenters. The van der Waals surface area contributed by atoms with Gasteiger partial charge in [-0.15, -0.1) is 0 Å². The van der Waals surface area contributed by atoms with Gasteiger partial charge in [0, 0.05) is 18.8 Å². The van der Waals surface area contributed by atoms with Crippen LogP contribution in [0.3, 0.4) is 0 Å². The number of rotatable bonds is 5. The highest BCUT2D eigenvalue weighted by atomic mass is 32.1. The molecule has 0 spiro atoms. The Hall–Kier alpha value is -1.46. The lowest BCUT2D eigenvalue weighted by Crippen LogP contribution is -2.32. The van der Waals surface area contributed by atoms with Crippen molar-refractivity contribution >= 4 is 29.6 Å². The minimum Gasteiger partial charge on any atom is -0.396 e. The van der Waals surface area contributed by atoms with E-state index in [9.17, 15) is 10.2 Å². The summed E-state index contributed by atoms with van der Waals surface area (Å²) in [5, 5.41) is 29.1. The van der Waals surface area contributed by atoms with Crippen LogP contribution in [0.15, 0.2) is 6.33 Å². The first-order valence-electron chi connectivity index (χ1n) is 7.29. The van der Waals surface area contributed by atoms with E-state index in [1.165, 1.54) is 10.9 Å². The van der Waals surface area contributed by atoms with Gasteiger partial charge in [-0.25, -0.2) is 15.0 Å². The van der Waals surface area contributed by atoms with Crippen LogP contribution in [0, 0.1) is 0 Å². The highest BCUT2D eigenvalue weighted by Crippen LogP contribution is 2.32. The quantitative estimate of drug-likeness (QED) is 0.431. The van der Waals surface area contributed by atoms with E-state index in [1.54, 1.807) is 0 Å². The second kappa shape index (κ2) is 6.57. The van der Waals surface area contributed by atoms with Gasteiger partial charge in [0.25, 0.3) is 0 Å². The van der Waals surface area contributed by atoms with Gasteiger partial charge in [0.2, 0.25) is 0 Å². The first-order chi connectivity index (χ1) is 11.1. The highest BCUT2D eigenvalue weighted by molar-refractivity contribution is 7.80. The Kier molecular flexibility index (Phi) is 4.69. The molecule has 5 N–H and O–H groups in total. The number of aryl methyl sites for hydroxylation is 1. The maximum Gasteiger partial charge on any atom is 0.167 e. The van der Waals surface area contributed by atoms with E-state index in [1.807, 2.05) is 0 Å². The van der Waals surface area contributed by atoms with Gasteiger partial charge in [-0.2, -0.15) is 12.6 Å². The Labute approximate surface area is 137 Å². The number of nitrogen functional groups attached to an aromatic ring is 1. The van der Waals surface area contributed by atoms with E-state index in [2.05, 4.69) is 27.6 Å². The van der Waals surface area contributed by atoms with Gasteiger partial charge in [0.1, 0.15) is 23.5 Å². The summed E-state index contributed by atoms with van der Waals surface area (Å²) in [4.78, 5) is 12.7. The number of imidazole rings is 1. The molecule has 3 rings (SSSR count). The molecule has 3 heterocycles. The van der Waals surface area contributed by atoms with Crippen molar-refractivity contribution in [3.8, 4) is 0 Å². The topological polar surface area (TPSA) is 140 Å². The molecule has 126 valence electrons. The molecular weight excluding hydrogens is 322 g/mol. The fraction of sp³-hybridized carbons (Fsp3) is 0.615. The Morgan fingerprint density at radius 2 is 2.09 bits per heavy atom. The fourth-order valence-electron chi connectivity index (χ4n) is 2.63. The second-order valence-corrected chi connectivity index (χ2v) is 5.77. The normalized spacial score (nSPS) is 27.8. The molecule has 0 aromatic carbocycles. The Morgan fingerprint density at radius 3 is 2.74 bits per heavy atom. The molecule has 0 saturated carbocycles. The molecule has 10 heteroatoms. The van der Waals surface area contributed by atoms with Gasteiger partial charge in [-0.1, -0.05) is 0 Å². The summed E-state index contributed by atoms with van der Waals surface area (Å²) in [5.74, 6) is 0.977. The molecular formula is C13H19N5O4S. The first-order valence-corrected chi connectivity index (χ1v) is 7.92. The number of thiol groups is 1. The predicted molar refractivity (Wildman–Crippen MR) is 84.9 cm³/mol. The van der Waals surface area contributed by atoms with E-state index in [4.69, 9.17) is 15.6 Å². The lowest BCUT2D eigenvalue weighted by molar-refractivity contribution is -0.0288. The standard InChI is InChI=1S/C13H19N5O4S/c14-11-8-12(17-7(16-11)2-1-3-19)18(5-15-8)13-10(21)9(20)6(4-23)22-13/h5-6,9-10,13,19-21,23H,1-4H2,(H2,14,16,17)/t6-,9-,10-,13-/m1/s1. The second-order valence-electron chi connectivity index (χ2n) is 5.41. The van der Waals surface area contributed by atoms with Crippen molar-refractivity contribution in [1.82, 2.24) is 19.5 Å². The van der Waals surface area contributed by atoms with E-state index in [0.29, 0.717) is 29.8 Å². The molecule has 23 heavy (non-hydrogen) atoms. The van der Waals surface area contributed by atoms with Crippen molar-refractivity contribution in [2.24, 2.45) is 0 Å². The molecule has 1 saturated heterocycles. The maximum absolute atomic E-state index is 10.2. The minimum atomic E-state index is -1.12. The third-order valence-electron chi connectivity index (χ3n) is 3.84. The van der Waals surface area contributed by atoms with Crippen molar-refractivity contribution in [2.45, 2.75) is 37.4 Å². The average molecular weight is 341 g/mol. The van der Waals surface area contributed by atoms with Crippen molar-refractivity contribution in [3.05, 3.63) is 12.2 Å². The van der Waals surface area contributed by atoms with Gasteiger partial charge < -0.3 is 25.8 Å². The Balaban J connectivity index is 1.99. The third-order valence-corrected chi connectivity index (χ3v) is 4.20. The van der Waals surface area contributed by atoms with Crippen LogP contribution >= 0.6 is 12.6 Å². The molecule has 0 unspecified atom stereocenters. The van der Waals surface area contributed by atoms with Crippen LogP contribution in [-0.2, 0) is 11.2 Å². The molecule has 2 aromatic heterocycles. The van der Waals surface area contributed by atoms with Crippen LogP contribution in [0.25, 0.3) is 11.2 Å². The summed E-state index contributed by atoms with van der Waals surface area (Å²) in [6.07, 6.45) is -1.13. The molecule has 9 nitrogen and oxygen atoms in total. The van der Waals surface area contributed by atoms with Gasteiger partial charge in [0.05, 0.1) is 12.4 Å². The van der Waals surface area contributed by atoms with E-state index in [-0.39, 0.29) is 18.2 Å². The molecule has 0 bridgehead atoms. The summed E-state index contributed by atoms with van der Waals surface area (Å²) in [5.41, 5.74) is 6.72. The fourth-order valence-corrected chi connectivity index (χ4v) is 2.93. The number of hydrogen-bond acceptors (Lipinski definition) is 9. The summed E-state index contributed by atoms with van der Waals surface area (Å²) < 4.78 is 7.19. The molecule has 2 aromatic rings. The first kappa shape index (κ1) is 16.4. The number of nitrogens with two attached hydrogens (primary N) is 1. The van der Waals surface area contributed by atoms with Gasteiger partial charge >= 0.3 is 0 Å². The highest BCUT2D eigenvalue weighted by Gasteiger charge is 2.43. The zero-order chi connectivity index (χ0) is 16.6. The molecule has 1 aliphatic heterocycles. The number of nitrogens with zero attached hydrogens (tertiary/aromatic N) is 4. The van der Waals surface area contributed by atoms with Gasteiger partial charge in [0.15, 0.2) is 17.7 Å². The van der Waals surface area contributed by atoms with E-state index < -0.39 is 24.5 Å². The Bertz CT molecular complexity index is 696. The van der Waals surface area contributed by atoms with Crippen LogP contribution < -0.4 is 5.73 Å². The average Bonchev–Trinajstić information content (AvgIpc) is 3.08. The molecule has 0 radical (unpaired) electrons. The van der Waals surface area contributed by atoms with Crippen LogP contribution in [0.1, 0.15) is 18.5 Å². The number of aliphatic hydroxyl groups is 3. The largest absolute Gasteiger partial charge is 0.396 e. The monoisotopic (exact) mass is 341 g/mol. The SMILES string of the molecule is Nc1nc(CCCO)nc2c1ncn2[C@@H]1O[C@H](CS)[C@@H](O)[C@H]1O. The summed E-state index contributed by atoms with van der Waals surface area (Å²) in [6.45, 7) is 0.0286. The van der Waals surface area contributed by atoms with Gasteiger partial charge in [-0.3, -0.25) is 4.57 Å². The summed E-state index contributed by atoms with van der Waals surface area (Å²) in [7, 11) is 0. The maximum atomic E-state index is 10.2. The summed E-state index contributed by atoms with van der Waals surface area (Å²) >= 11 is 4.11. The third kappa shape index (κ3) is 2.88. The van der Waals surface area contributed by atoms with E-state index >= 15 is 0 Å².